The summed E-state index contributed by atoms with van der Waals surface area (Å²) in [6.07, 6.45) is 1.34. The highest BCUT2D eigenvalue weighted by atomic mass is 16.3. The number of fused-ring (bicyclic) bond motifs is 1. The maximum atomic E-state index is 12.3. The fraction of sp³-hybridized carbons (Fsp3) is 0.400. The number of furan rings is 1. The number of aliphatic hydroxyl groups excluding tert-OH is 1. The van der Waals surface area contributed by atoms with Crippen LogP contribution in [0.25, 0.3) is 11.0 Å². The molecule has 4 amide bonds. The van der Waals surface area contributed by atoms with E-state index in [0.717, 1.165) is 5.39 Å². The SMILES string of the molecule is CC(=O)NC(CCCCNC(=O)c1cc2ccccc2o1)C(=O)N[C@@H](CO)C(N)=O. The van der Waals surface area contributed by atoms with E-state index in [2.05, 4.69) is 16.0 Å². The fourth-order valence-electron chi connectivity index (χ4n) is 2.85. The number of carbonyl (C=O) groups is 4. The predicted octanol–water partition coefficient (Wildman–Crippen LogP) is -0.200. The van der Waals surface area contributed by atoms with Crippen LogP contribution in [-0.2, 0) is 14.4 Å². The molecule has 6 N–H and O–H groups in total. The highest BCUT2D eigenvalue weighted by molar-refractivity contribution is 5.96. The molecular formula is C20H26N4O6. The van der Waals surface area contributed by atoms with Gasteiger partial charge in [-0.1, -0.05) is 18.2 Å². The zero-order valence-corrected chi connectivity index (χ0v) is 16.6. The van der Waals surface area contributed by atoms with Crippen molar-refractivity contribution in [3.8, 4) is 0 Å². The summed E-state index contributed by atoms with van der Waals surface area (Å²) in [7, 11) is 0. The Hall–Kier alpha value is -3.40. The number of benzene rings is 1. The molecule has 0 aliphatic rings. The second-order valence-corrected chi connectivity index (χ2v) is 6.80. The molecule has 0 spiro atoms. The first-order chi connectivity index (χ1) is 14.3. The molecule has 0 aliphatic carbocycles. The van der Waals surface area contributed by atoms with Crippen LogP contribution in [0, 0.1) is 0 Å². The van der Waals surface area contributed by atoms with Gasteiger partial charge in [0.1, 0.15) is 17.7 Å². The molecule has 0 bridgehead atoms. The van der Waals surface area contributed by atoms with E-state index in [1.807, 2.05) is 18.2 Å². The monoisotopic (exact) mass is 418 g/mol. The Morgan fingerprint density at radius 1 is 1.10 bits per heavy atom. The summed E-state index contributed by atoms with van der Waals surface area (Å²) in [6.45, 7) is 0.984. The quantitative estimate of drug-likeness (QED) is 0.317. The van der Waals surface area contributed by atoms with Crippen molar-refractivity contribution in [1.29, 1.82) is 0 Å². The standard InChI is InChI=1S/C20H26N4O6/c1-12(26)23-14(19(28)24-15(11-25)18(21)27)7-4-5-9-22-20(29)17-10-13-6-2-3-8-16(13)30-17/h2-3,6,8,10,14-15,25H,4-5,7,9,11H2,1H3,(H2,21,27)(H,22,29)(H,23,26)(H,24,28)/t14?,15-/m0/s1. The Kier molecular flexibility index (Phi) is 8.36. The van der Waals surface area contributed by atoms with Gasteiger partial charge in [0.25, 0.3) is 5.91 Å². The Labute approximate surface area is 173 Å². The van der Waals surface area contributed by atoms with Crippen molar-refractivity contribution in [3.63, 3.8) is 0 Å². The van der Waals surface area contributed by atoms with Crippen LogP contribution in [0.5, 0.6) is 0 Å². The van der Waals surface area contributed by atoms with Crippen molar-refractivity contribution in [2.45, 2.75) is 38.3 Å². The van der Waals surface area contributed by atoms with Crippen molar-refractivity contribution >= 4 is 34.6 Å². The normalized spacial score (nSPS) is 12.7. The molecule has 10 heteroatoms. The van der Waals surface area contributed by atoms with Crippen molar-refractivity contribution in [1.82, 2.24) is 16.0 Å². The van der Waals surface area contributed by atoms with Gasteiger partial charge < -0.3 is 31.2 Å². The molecule has 0 radical (unpaired) electrons. The van der Waals surface area contributed by atoms with E-state index in [1.54, 1.807) is 12.1 Å². The molecule has 0 fully saturated rings. The Morgan fingerprint density at radius 3 is 2.47 bits per heavy atom. The van der Waals surface area contributed by atoms with Gasteiger partial charge in [-0.3, -0.25) is 19.2 Å². The van der Waals surface area contributed by atoms with Gasteiger partial charge in [-0.05, 0) is 31.4 Å². The van der Waals surface area contributed by atoms with Gasteiger partial charge in [0.2, 0.25) is 17.7 Å². The van der Waals surface area contributed by atoms with E-state index in [4.69, 9.17) is 15.3 Å². The van der Waals surface area contributed by atoms with Crippen molar-refractivity contribution in [2.75, 3.05) is 13.2 Å². The third kappa shape index (κ3) is 6.59. The number of unbranched alkanes of at least 4 members (excludes halogenated alkanes) is 1. The summed E-state index contributed by atoms with van der Waals surface area (Å²) in [6, 6.07) is 6.85. The minimum Gasteiger partial charge on any atom is -0.451 e. The zero-order chi connectivity index (χ0) is 22.1. The third-order valence-electron chi connectivity index (χ3n) is 4.39. The Morgan fingerprint density at radius 2 is 1.83 bits per heavy atom. The van der Waals surface area contributed by atoms with Gasteiger partial charge in [0, 0.05) is 18.9 Å². The lowest BCUT2D eigenvalue weighted by molar-refractivity contribution is -0.131. The maximum absolute atomic E-state index is 12.3. The highest BCUT2D eigenvalue weighted by Crippen LogP contribution is 2.18. The summed E-state index contributed by atoms with van der Waals surface area (Å²) in [5.41, 5.74) is 5.72. The largest absolute Gasteiger partial charge is 0.451 e. The maximum Gasteiger partial charge on any atom is 0.287 e. The topological polar surface area (TPSA) is 164 Å². The number of rotatable bonds is 11. The molecule has 2 rings (SSSR count). The first kappa shape index (κ1) is 22.9. The first-order valence-corrected chi connectivity index (χ1v) is 9.56. The molecule has 1 aromatic carbocycles. The number of hydrogen-bond acceptors (Lipinski definition) is 6. The number of hydrogen-bond donors (Lipinski definition) is 5. The van der Waals surface area contributed by atoms with Crippen LogP contribution >= 0.6 is 0 Å². The number of primary amides is 1. The molecule has 10 nitrogen and oxygen atoms in total. The molecule has 1 unspecified atom stereocenters. The van der Waals surface area contributed by atoms with Gasteiger partial charge in [0.05, 0.1) is 6.61 Å². The molecule has 0 aliphatic heterocycles. The van der Waals surface area contributed by atoms with Gasteiger partial charge in [-0.2, -0.15) is 0 Å². The lowest BCUT2D eigenvalue weighted by Crippen LogP contribution is -2.53. The average Bonchev–Trinajstić information content (AvgIpc) is 3.14. The number of nitrogens with two attached hydrogens (primary N) is 1. The van der Waals surface area contributed by atoms with E-state index in [0.29, 0.717) is 25.0 Å². The predicted molar refractivity (Wildman–Crippen MR) is 108 cm³/mol. The molecule has 2 atom stereocenters. The van der Waals surface area contributed by atoms with Crippen LogP contribution in [0.2, 0.25) is 0 Å². The van der Waals surface area contributed by atoms with Crippen LogP contribution in [0.15, 0.2) is 34.7 Å². The first-order valence-electron chi connectivity index (χ1n) is 9.56. The second-order valence-electron chi connectivity index (χ2n) is 6.80. The lowest BCUT2D eigenvalue weighted by Gasteiger charge is -2.20. The van der Waals surface area contributed by atoms with E-state index in [1.165, 1.54) is 6.92 Å². The summed E-state index contributed by atoms with van der Waals surface area (Å²) in [5.74, 6) is -2.02. The second kappa shape index (κ2) is 11.0. The zero-order valence-electron chi connectivity index (χ0n) is 16.6. The minimum atomic E-state index is -1.23. The Bertz CT molecular complexity index is 877. The molecule has 30 heavy (non-hydrogen) atoms. The van der Waals surface area contributed by atoms with E-state index in [-0.39, 0.29) is 18.1 Å². The fourth-order valence-corrected chi connectivity index (χ4v) is 2.85. The van der Waals surface area contributed by atoms with Crippen molar-refractivity contribution < 1.29 is 28.7 Å². The summed E-state index contributed by atoms with van der Waals surface area (Å²) in [5, 5.41) is 17.5. The van der Waals surface area contributed by atoms with E-state index >= 15 is 0 Å². The molecule has 0 saturated heterocycles. The molecule has 1 aromatic heterocycles. The number of para-hydroxylation sites is 1. The van der Waals surface area contributed by atoms with Crippen LogP contribution in [0.1, 0.15) is 36.7 Å². The summed E-state index contributed by atoms with van der Waals surface area (Å²) in [4.78, 5) is 47.0. The molecular weight excluding hydrogens is 392 g/mol. The smallest absolute Gasteiger partial charge is 0.287 e. The molecule has 1 heterocycles. The van der Waals surface area contributed by atoms with Gasteiger partial charge in [0.15, 0.2) is 5.76 Å². The van der Waals surface area contributed by atoms with Crippen LogP contribution in [0.4, 0.5) is 0 Å². The third-order valence-corrected chi connectivity index (χ3v) is 4.39. The van der Waals surface area contributed by atoms with Gasteiger partial charge in [-0.25, -0.2) is 0 Å². The van der Waals surface area contributed by atoms with Crippen molar-refractivity contribution in [3.05, 3.63) is 36.1 Å². The van der Waals surface area contributed by atoms with Crippen LogP contribution < -0.4 is 21.7 Å². The number of amides is 4. The number of nitrogens with one attached hydrogen (secondary N) is 3. The average molecular weight is 418 g/mol. The van der Waals surface area contributed by atoms with Crippen molar-refractivity contribution in [2.24, 2.45) is 5.73 Å². The van der Waals surface area contributed by atoms with Crippen LogP contribution in [0.3, 0.4) is 0 Å². The molecule has 0 saturated carbocycles. The molecule has 2 aromatic rings. The number of aliphatic hydroxyl groups is 1. The van der Waals surface area contributed by atoms with Gasteiger partial charge in [-0.15, -0.1) is 0 Å². The van der Waals surface area contributed by atoms with Crippen LogP contribution in [-0.4, -0.2) is 54.0 Å². The lowest BCUT2D eigenvalue weighted by atomic mass is 10.1. The Balaban J connectivity index is 1.79. The van der Waals surface area contributed by atoms with E-state index < -0.39 is 36.4 Å². The minimum absolute atomic E-state index is 0.216. The summed E-state index contributed by atoms with van der Waals surface area (Å²) >= 11 is 0. The molecule has 162 valence electrons. The highest BCUT2D eigenvalue weighted by Gasteiger charge is 2.24. The van der Waals surface area contributed by atoms with Gasteiger partial charge >= 0.3 is 0 Å². The van der Waals surface area contributed by atoms with E-state index in [9.17, 15) is 19.2 Å². The summed E-state index contributed by atoms with van der Waals surface area (Å²) < 4.78 is 5.50. The number of carbonyl (C=O) groups excluding carboxylic acids is 4.